The van der Waals surface area contributed by atoms with Crippen LogP contribution in [0.25, 0.3) is 0 Å². The summed E-state index contributed by atoms with van der Waals surface area (Å²) >= 11 is 0. The van der Waals surface area contributed by atoms with E-state index in [1.807, 2.05) is 24.3 Å². The van der Waals surface area contributed by atoms with Crippen molar-refractivity contribution in [1.82, 2.24) is 0 Å². The van der Waals surface area contributed by atoms with Crippen LogP contribution in [-0.2, 0) is 11.3 Å². The third kappa shape index (κ3) is 3.45. The fraction of sp³-hybridized carbons (Fsp3) is 0.188. The Kier molecular flexibility index (Phi) is 4.66. The van der Waals surface area contributed by atoms with Gasteiger partial charge in [0.15, 0.2) is 0 Å². The summed E-state index contributed by atoms with van der Waals surface area (Å²) in [5, 5.41) is 0. The van der Waals surface area contributed by atoms with Gasteiger partial charge in [0.05, 0.1) is 14.2 Å². The number of ether oxygens (including phenoxy) is 3. The number of nitrogen functional groups attached to an aromatic ring is 1. The minimum absolute atomic E-state index is 0.239. The monoisotopic (exact) mass is 287 g/mol. The fourth-order valence-corrected chi connectivity index (χ4v) is 1.91. The fourth-order valence-electron chi connectivity index (χ4n) is 1.91. The quantitative estimate of drug-likeness (QED) is 0.676. The van der Waals surface area contributed by atoms with Gasteiger partial charge in [0.2, 0.25) is 0 Å². The van der Waals surface area contributed by atoms with E-state index in [1.54, 1.807) is 25.3 Å². The Morgan fingerprint density at radius 3 is 2.62 bits per heavy atom. The third-order valence-corrected chi connectivity index (χ3v) is 2.98. The number of carbonyl (C=O) groups is 1. The predicted octanol–water partition coefficient (Wildman–Crippen LogP) is 2.64. The Hall–Kier alpha value is -2.69. The van der Waals surface area contributed by atoms with E-state index in [4.69, 9.17) is 19.9 Å². The number of hydrogen-bond donors (Lipinski definition) is 1. The molecular weight excluding hydrogens is 270 g/mol. The summed E-state index contributed by atoms with van der Waals surface area (Å²) in [7, 11) is 2.91. The Morgan fingerprint density at radius 1 is 1.14 bits per heavy atom. The topological polar surface area (TPSA) is 70.8 Å². The largest absolute Gasteiger partial charge is 0.497 e. The molecule has 5 heteroatoms. The molecule has 0 bridgehead atoms. The summed E-state index contributed by atoms with van der Waals surface area (Å²) in [6.07, 6.45) is 0. The van der Waals surface area contributed by atoms with Crippen LogP contribution < -0.4 is 15.2 Å². The average molecular weight is 287 g/mol. The SMILES string of the molecule is COC(=O)c1c(N)cccc1OCc1cccc(OC)c1. The molecule has 0 aliphatic carbocycles. The van der Waals surface area contributed by atoms with Crippen molar-refractivity contribution in [1.29, 1.82) is 0 Å². The lowest BCUT2D eigenvalue weighted by Gasteiger charge is -2.12. The molecule has 0 atom stereocenters. The number of carbonyl (C=O) groups excluding carboxylic acids is 1. The van der Waals surface area contributed by atoms with Crippen molar-refractivity contribution in [3.63, 3.8) is 0 Å². The highest BCUT2D eigenvalue weighted by molar-refractivity contribution is 5.98. The highest BCUT2D eigenvalue weighted by Gasteiger charge is 2.16. The van der Waals surface area contributed by atoms with E-state index in [1.165, 1.54) is 7.11 Å². The van der Waals surface area contributed by atoms with Crippen molar-refractivity contribution in [2.75, 3.05) is 20.0 Å². The molecule has 0 amide bonds. The molecule has 0 aromatic heterocycles. The highest BCUT2D eigenvalue weighted by atomic mass is 16.5. The van der Waals surface area contributed by atoms with Gasteiger partial charge >= 0.3 is 5.97 Å². The van der Waals surface area contributed by atoms with Crippen LogP contribution >= 0.6 is 0 Å². The molecule has 2 aromatic rings. The summed E-state index contributed by atoms with van der Waals surface area (Å²) < 4.78 is 15.6. The second kappa shape index (κ2) is 6.65. The van der Waals surface area contributed by atoms with Gasteiger partial charge in [-0.05, 0) is 29.8 Å². The molecule has 0 saturated carbocycles. The number of nitrogens with two attached hydrogens (primary N) is 1. The second-order valence-corrected chi connectivity index (χ2v) is 4.35. The maximum atomic E-state index is 11.8. The van der Waals surface area contributed by atoms with Gasteiger partial charge in [-0.1, -0.05) is 18.2 Å². The second-order valence-electron chi connectivity index (χ2n) is 4.35. The van der Waals surface area contributed by atoms with Crippen LogP contribution in [0.3, 0.4) is 0 Å². The number of esters is 1. The Balaban J connectivity index is 2.20. The van der Waals surface area contributed by atoms with Crippen molar-refractivity contribution < 1.29 is 19.0 Å². The predicted molar refractivity (Wildman–Crippen MR) is 79.5 cm³/mol. The van der Waals surface area contributed by atoms with E-state index in [0.29, 0.717) is 18.0 Å². The molecule has 2 rings (SSSR count). The van der Waals surface area contributed by atoms with Crippen LogP contribution in [0.4, 0.5) is 5.69 Å². The number of benzene rings is 2. The van der Waals surface area contributed by atoms with Crippen LogP contribution in [0.5, 0.6) is 11.5 Å². The maximum Gasteiger partial charge on any atom is 0.343 e. The molecule has 0 saturated heterocycles. The van der Waals surface area contributed by atoms with E-state index in [2.05, 4.69) is 0 Å². The Bertz CT molecular complexity index is 640. The molecule has 0 radical (unpaired) electrons. The molecule has 0 aliphatic heterocycles. The molecule has 5 nitrogen and oxygen atoms in total. The molecular formula is C16H17NO4. The van der Waals surface area contributed by atoms with Crippen molar-refractivity contribution in [3.8, 4) is 11.5 Å². The molecule has 0 aliphatic rings. The van der Waals surface area contributed by atoms with E-state index in [-0.39, 0.29) is 5.56 Å². The molecule has 0 unspecified atom stereocenters. The third-order valence-electron chi connectivity index (χ3n) is 2.98. The van der Waals surface area contributed by atoms with Crippen LogP contribution in [0, 0.1) is 0 Å². The smallest absolute Gasteiger partial charge is 0.343 e. The minimum atomic E-state index is -0.520. The van der Waals surface area contributed by atoms with Gasteiger partial charge in [0.25, 0.3) is 0 Å². The van der Waals surface area contributed by atoms with Crippen LogP contribution in [0.15, 0.2) is 42.5 Å². The van der Waals surface area contributed by atoms with Crippen molar-refractivity contribution in [2.24, 2.45) is 0 Å². The lowest BCUT2D eigenvalue weighted by molar-refractivity contribution is 0.0597. The van der Waals surface area contributed by atoms with Gasteiger partial charge in [0, 0.05) is 5.69 Å². The minimum Gasteiger partial charge on any atom is -0.497 e. The summed E-state index contributed by atoms with van der Waals surface area (Å²) in [4.78, 5) is 11.8. The zero-order valence-electron chi connectivity index (χ0n) is 12.0. The molecule has 21 heavy (non-hydrogen) atoms. The first-order valence-electron chi connectivity index (χ1n) is 6.38. The zero-order chi connectivity index (χ0) is 15.2. The zero-order valence-corrected chi connectivity index (χ0v) is 12.0. The van der Waals surface area contributed by atoms with Gasteiger partial charge in [-0.25, -0.2) is 4.79 Å². The van der Waals surface area contributed by atoms with Gasteiger partial charge in [-0.3, -0.25) is 0 Å². The number of anilines is 1. The van der Waals surface area contributed by atoms with E-state index in [0.717, 1.165) is 11.3 Å². The number of methoxy groups -OCH3 is 2. The van der Waals surface area contributed by atoms with E-state index >= 15 is 0 Å². The molecule has 2 N–H and O–H groups in total. The number of hydrogen-bond acceptors (Lipinski definition) is 5. The van der Waals surface area contributed by atoms with Crippen LogP contribution in [0.1, 0.15) is 15.9 Å². The summed E-state index contributed by atoms with van der Waals surface area (Å²) in [5.41, 5.74) is 7.30. The van der Waals surface area contributed by atoms with Crippen LogP contribution in [-0.4, -0.2) is 20.2 Å². The first-order valence-corrected chi connectivity index (χ1v) is 6.38. The van der Waals surface area contributed by atoms with Gasteiger partial charge in [0.1, 0.15) is 23.7 Å². The van der Waals surface area contributed by atoms with Crippen molar-refractivity contribution >= 4 is 11.7 Å². The van der Waals surface area contributed by atoms with Crippen molar-refractivity contribution in [3.05, 3.63) is 53.6 Å². The molecule has 0 heterocycles. The lowest BCUT2D eigenvalue weighted by atomic mass is 10.1. The van der Waals surface area contributed by atoms with Gasteiger partial charge in [-0.15, -0.1) is 0 Å². The Labute approximate surface area is 123 Å². The summed E-state index contributed by atoms with van der Waals surface area (Å²) in [6.45, 7) is 0.296. The maximum absolute atomic E-state index is 11.8. The number of rotatable bonds is 5. The van der Waals surface area contributed by atoms with E-state index < -0.39 is 5.97 Å². The summed E-state index contributed by atoms with van der Waals surface area (Å²) in [5.74, 6) is 0.621. The van der Waals surface area contributed by atoms with Gasteiger partial charge < -0.3 is 19.9 Å². The molecule has 110 valence electrons. The first kappa shape index (κ1) is 14.7. The lowest BCUT2D eigenvalue weighted by Crippen LogP contribution is -2.09. The molecule has 0 spiro atoms. The highest BCUT2D eigenvalue weighted by Crippen LogP contribution is 2.26. The van der Waals surface area contributed by atoms with Crippen LogP contribution in [0.2, 0.25) is 0 Å². The summed E-state index contributed by atoms with van der Waals surface area (Å²) in [6, 6.07) is 12.5. The van der Waals surface area contributed by atoms with Gasteiger partial charge in [-0.2, -0.15) is 0 Å². The average Bonchev–Trinajstić information content (AvgIpc) is 2.52. The molecule has 2 aromatic carbocycles. The molecule has 0 fully saturated rings. The first-order chi connectivity index (χ1) is 10.2. The van der Waals surface area contributed by atoms with E-state index in [9.17, 15) is 4.79 Å². The normalized spacial score (nSPS) is 10.0. The van der Waals surface area contributed by atoms with Crippen molar-refractivity contribution in [2.45, 2.75) is 6.61 Å². The Morgan fingerprint density at radius 2 is 1.90 bits per heavy atom. The standard InChI is InChI=1S/C16H17NO4/c1-19-12-6-3-5-11(9-12)10-21-14-8-4-7-13(17)15(14)16(18)20-2/h3-9H,10,17H2,1-2H3.